The van der Waals surface area contributed by atoms with Gasteiger partial charge in [0.25, 0.3) is 11.8 Å². The standard InChI is InChI=1S/C30H31N5O4/c1-35-25(12-15-31-35)27(36)34-26(22-9-5-3-7-19-6-2-4-8-21(19)22)28(37)32-20-10-11-23-24(18-20)33-29(38)30(23)13-16-39-17-14-30/h2,4,6,8,10-12,15,18H,3,5,7,9,13-14,16-17H2,1H3,(H,32,37)(H,33,38)(H,34,36)/b26-22-. The summed E-state index contributed by atoms with van der Waals surface area (Å²) in [4.78, 5) is 40.1. The lowest BCUT2D eigenvalue weighted by molar-refractivity contribution is -0.124. The second-order valence-electron chi connectivity index (χ2n) is 10.4. The summed E-state index contributed by atoms with van der Waals surface area (Å²) in [5, 5.41) is 13.0. The number of nitrogens with zero attached hydrogens (tertiary/aromatic N) is 2. The van der Waals surface area contributed by atoms with Gasteiger partial charge in [0.15, 0.2) is 0 Å². The molecule has 0 atom stereocenters. The van der Waals surface area contributed by atoms with E-state index in [0.717, 1.165) is 41.5 Å². The van der Waals surface area contributed by atoms with E-state index in [4.69, 9.17) is 4.74 Å². The molecule has 2 aromatic carbocycles. The van der Waals surface area contributed by atoms with Gasteiger partial charge in [-0.2, -0.15) is 5.10 Å². The fourth-order valence-electron chi connectivity index (χ4n) is 6.00. The van der Waals surface area contributed by atoms with E-state index in [-0.39, 0.29) is 11.6 Å². The van der Waals surface area contributed by atoms with E-state index in [1.165, 1.54) is 4.68 Å². The van der Waals surface area contributed by atoms with Crippen molar-refractivity contribution < 1.29 is 19.1 Å². The molecule has 9 nitrogen and oxygen atoms in total. The van der Waals surface area contributed by atoms with E-state index in [0.29, 0.717) is 49.5 Å². The van der Waals surface area contributed by atoms with E-state index in [9.17, 15) is 14.4 Å². The average molecular weight is 526 g/mol. The van der Waals surface area contributed by atoms with Crippen molar-refractivity contribution in [2.75, 3.05) is 23.8 Å². The molecule has 39 heavy (non-hydrogen) atoms. The Morgan fingerprint density at radius 2 is 1.85 bits per heavy atom. The van der Waals surface area contributed by atoms with Crippen LogP contribution in [0.5, 0.6) is 0 Å². The minimum atomic E-state index is -0.579. The number of carbonyl (C=O) groups is 3. The Kier molecular flexibility index (Phi) is 6.52. The normalized spacial score (nSPS) is 18.9. The Bertz CT molecular complexity index is 1500. The SMILES string of the molecule is Cn1nccc1C(=O)N/C(C(=O)Nc1ccc2c(c1)NC(=O)C21CCOCC1)=C1/CCCCc2ccccc21. The number of amides is 3. The fourth-order valence-corrected chi connectivity index (χ4v) is 6.00. The summed E-state index contributed by atoms with van der Waals surface area (Å²) in [6, 6.07) is 15.2. The minimum Gasteiger partial charge on any atom is -0.381 e. The van der Waals surface area contributed by atoms with E-state index >= 15 is 0 Å². The topological polar surface area (TPSA) is 114 Å². The van der Waals surface area contributed by atoms with Gasteiger partial charge in [-0.1, -0.05) is 30.3 Å². The number of ether oxygens (including phenoxy) is 1. The van der Waals surface area contributed by atoms with Gasteiger partial charge < -0.3 is 20.7 Å². The maximum atomic E-state index is 13.9. The number of allylic oxidation sites excluding steroid dienone is 1. The van der Waals surface area contributed by atoms with Crippen molar-refractivity contribution in [2.24, 2.45) is 7.05 Å². The molecule has 3 aromatic rings. The van der Waals surface area contributed by atoms with Crippen LogP contribution in [0.2, 0.25) is 0 Å². The molecule has 9 heteroatoms. The van der Waals surface area contributed by atoms with Crippen LogP contribution in [0.1, 0.15) is 59.3 Å². The van der Waals surface area contributed by atoms with Crippen LogP contribution in [0.4, 0.5) is 11.4 Å². The van der Waals surface area contributed by atoms with Gasteiger partial charge >= 0.3 is 0 Å². The number of hydrogen-bond donors (Lipinski definition) is 3. The quantitative estimate of drug-likeness (QED) is 0.353. The molecule has 1 spiro atoms. The van der Waals surface area contributed by atoms with Gasteiger partial charge in [-0.05, 0) is 79.0 Å². The smallest absolute Gasteiger partial charge is 0.274 e. The summed E-state index contributed by atoms with van der Waals surface area (Å²) >= 11 is 0. The summed E-state index contributed by atoms with van der Waals surface area (Å²) < 4.78 is 6.98. The minimum absolute atomic E-state index is 0.0226. The number of nitrogens with one attached hydrogen (secondary N) is 3. The molecule has 3 amide bonds. The molecule has 200 valence electrons. The molecule has 1 fully saturated rings. The molecular weight excluding hydrogens is 494 g/mol. The second-order valence-corrected chi connectivity index (χ2v) is 10.4. The first-order chi connectivity index (χ1) is 19.0. The molecule has 0 unspecified atom stereocenters. The lowest BCUT2D eigenvalue weighted by atomic mass is 9.75. The molecule has 3 N–H and O–H groups in total. The Labute approximate surface area is 226 Å². The highest BCUT2D eigenvalue weighted by atomic mass is 16.5. The molecule has 2 aliphatic heterocycles. The Hall–Kier alpha value is -4.24. The van der Waals surface area contributed by atoms with Crippen molar-refractivity contribution in [1.29, 1.82) is 0 Å². The average Bonchev–Trinajstić information content (AvgIpc) is 3.40. The summed E-state index contributed by atoms with van der Waals surface area (Å²) in [7, 11) is 1.69. The first kappa shape index (κ1) is 25.1. The first-order valence-corrected chi connectivity index (χ1v) is 13.4. The van der Waals surface area contributed by atoms with E-state index in [2.05, 4.69) is 27.1 Å². The van der Waals surface area contributed by atoms with Gasteiger partial charge in [0, 0.05) is 37.8 Å². The zero-order chi connectivity index (χ0) is 27.0. The van der Waals surface area contributed by atoms with Crippen LogP contribution in [-0.2, 0) is 33.2 Å². The van der Waals surface area contributed by atoms with Crippen LogP contribution in [0, 0.1) is 0 Å². The summed E-state index contributed by atoms with van der Waals surface area (Å²) in [5.41, 5.74) is 5.13. The third kappa shape index (κ3) is 4.52. The highest BCUT2D eigenvalue weighted by Crippen LogP contribution is 2.45. The molecule has 0 saturated carbocycles. The van der Waals surface area contributed by atoms with Crippen molar-refractivity contribution in [3.8, 4) is 0 Å². The van der Waals surface area contributed by atoms with Crippen LogP contribution >= 0.6 is 0 Å². The lowest BCUT2D eigenvalue weighted by Gasteiger charge is -2.31. The molecule has 3 aliphatic rings. The molecule has 0 radical (unpaired) electrons. The van der Waals surface area contributed by atoms with Gasteiger partial charge in [-0.3, -0.25) is 19.1 Å². The maximum Gasteiger partial charge on any atom is 0.274 e. The predicted octanol–water partition coefficient (Wildman–Crippen LogP) is 3.93. The number of hydrogen-bond acceptors (Lipinski definition) is 5. The monoisotopic (exact) mass is 525 g/mol. The number of benzene rings is 2. The molecule has 1 saturated heterocycles. The molecule has 6 rings (SSSR count). The Balaban J connectivity index is 1.35. The molecular formula is C30H31N5O4. The van der Waals surface area contributed by atoms with Crippen molar-refractivity contribution in [2.45, 2.75) is 43.9 Å². The fraction of sp³-hybridized carbons (Fsp3) is 0.333. The van der Waals surface area contributed by atoms with Crippen molar-refractivity contribution in [3.05, 3.63) is 82.8 Å². The van der Waals surface area contributed by atoms with Crippen LogP contribution in [0.15, 0.2) is 60.4 Å². The van der Waals surface area contributed by atoms with E-state index in [1.54, 1.807) is 25.4 Å². The van der Waals surface area contributed by atoms with Gasteiger partial charge in [-0.25, -0.2) is 0 Å². The number of rotatable bonds is 4. The predicted molar refractivity (Wildman–Crippen MR) is 147 cm³/mol. The largest absolute Gasteiger partial charge is 0.381 e. The first-order valence-electron chi connectivity index (χ1n) is 13.4. The third-order valence-electron chi connectivity index (χ3n) is 8.11. The van der Waals surface area contributed by atoms with Crippen LogP contribution in [-0.4, -0.2) is 40.7 Å². The number of aryl methyl sites for hydroxylation is 2. The lowest BCUT2D eigenvalue weighted by Crippen LogP contribution is -2.39. The second kappa shape index (κ2) is 10.1. The van der Waals surface area contributed by atoms with Gasteiger partial charge in [0.1, 0.15) is 11.4 Å². The van der Waals surface area contributed by atoms with Crippen LogP contribution in [0.3, 0.4) is 0 Å². The zero-order valence-electron chi connectivity index (χ0n) is 21.9. The van der Waals surface area contributed by atoms with Crippen LogP contribution in [0.25, 0.3) is 5.57 Å². The zero-order valence-corrected chi connectivity index (χ0v) is 21.9. The van der Waals surface area contributed by atoms with E-state index in [1.807, 2.05) is 30.3 Å². The molecule has 1 aromatic heterocycles. The third-order valence-corrected chi connectivity index (χ3v) is 8.11. The molecule has 0 bridgehead atoms. The summed E-state index contributed by atoms with van der Waals surface area (Å²) in [6.07, 6.45) is 6.30. The highest BCUT2D eigenvalue weighted by molar-refractivity contribution is 6.13. The number of anilines is 2. The Morgan fingerprint density at radius 1 is 1.05 bits per heavy atom. The number of carbonyl (C=O) groups excluding carboxylic acids is 3. The van der Waals surface area contributed by atoms with Crippen molar-refractivity contribution >= 4 is 34.7 Å². The number of aromatic nitrogens is 2. The van der Waals surface area contributed by atoms with Gasteiger partial charge in [-0.15, -0.1) is 0 Å². The number of fused-ring (bicyclic) bond motifs is 3. The van der Waals surface area contributed by atoms with Crippen LogP contribution < -0.4 is 16.0 Å². The maximum absolute atomic E-state index is 13.9. The van der Waals surface area contributed by atoms with Gasteiger partial charge in [0.2, 0.25) is 5.91 Å². The van der Waals surface area contributed by atoms with Gasteiger partial charge in [0.05, 0.1) is 5.41 Å². The van der Waals surface area contributed by atoms with Crippen molar-refractivity contribution in [1.82, 2.24) is 15.1 Å². The molecule has 3 heterocycles. The molecule has 1 aliphatic carbocycles. The van der Waals surface area contributed by atoms with Crippen molar-refractivity contribution in [3.63, 3.8) is 0 Å². The summed E-state index contributed by atoms with van der Waals surface area (Å²) in [6.45, 7) is 1.08. The Morgan fingerprint density at radius 3 is 2.64 bits per heavy atom. The highest BCUT2D eigenvalue weighted by Gasteiger charge is 2.47. The summed E-state index contributed by atoms with van der Waals surface area (Å²) in [5.74, 6) is -0.843. The van der Waals surface area contributed by atoms with E-state index < -0.39 is 17.2 Å².